The van der Waals surface area contributed by atoms with Crippen LogP contribution in [-0.2, 0) is 9.53 Å². The number of amides is 1. The lowest BCUT2D eigenvalue weighted by Gasteiger charge is -2.03. The van der Waals surface area contributed by atoms with E-state index in [2.05, 4.69) is 10.5 Å². The average Bonchev–Trinajstić information content (AvgIpc) is 2.91. The topological polar surface area (TPSA) is 86.2 Å². The van der Waals surface area contributed by atoms with Crippen molar-refractivity contribution in [3.63, 3.8) is 0 Å². The molecule has 1 aromatic carbocycles. The molecule has 7 heteroatoms. The molecule has 0 saturated heterocycles. The lowest BCUT2D eigenvalue weighted by molar-refractivity contribution is -0.135. The maximum atomic E-state index is 11.9. The van der Waals surface area contributed by atoms with Crippen LogP contribution in [0.25, 0.3) is 0 Å². The Balaban J connectivity index is 2.02. The van der Waals surface area contributed by atoms with Crippen LogP contribution >= 0.6 is 0 Å². The average molecular weight is 278 g/mol. The number of benzene rings is 1. The van der Waals surface area contributed by atoms with Crippen molar-refractivity contribution < 1.29 is 23.8 Å². The van der Waals surface area contributed by atoms with Crippen molar-refractivity contribution in [3.05, 3.63) is 23.8 Å². The van der Waals surface area contributed by atoms with Crippen molar-refractivity contribution in [2.45, 2.75) is 13.8 Å². The number of hydrogen-bond donors (Lipinski definition) is 1. The molecule has 0 aliphatic carbocycles. The minimum absolute atomic E-state index is 0.0703. The fourth-order valence-corrected chi connectivity index (χ4v) is 1.52. The molecule has 1 aromatic rings. The molecule has 0 atom stereocenters. The van der Waals surface area contributed by atoms with Gasteiger partial charge in [-0.3, -0.25) is 4.79 Å². The molecule has 7 nitrogen and oxygen atoms in total. The van der Waals surface area contributed by atoms with Gasteiger partial charge in [-0.1, -0.05) is 0 Å². The van der Waals surface area contributed by atoms with E-state index in [4.69, 9.17) is 14.2 Å². The molecule has 1 aliphatic heterocycles. The summed E-state index contributed by atoms with van der Waals surface area (Å²) in [5, 5.41) is 3.68. The fraction of sp³-hybridized carbons (Fsp3) is 0.308. The zero-order chi connectivity index (χ0) is 14.5. The van der Waals surface area contributed by atoms with Crippen LogP contribution in [0, 0.1) is 0 Å². The van der Waals surface area contributed by atoms with Gasteiger partial charge < -0.3 is 14.2 Å². The van der Waals surface area contributed by atoms with Gasteiger partial charge in [-0.05, 0) is 32.0 Å². The van der Waals surface area contributed by atoms with E-state index >= 15 is 0 Å². The smallest absolute Gasteiger partial charge is 0.354 e. The largest absolute Gasteiger partial charge is 0.461 e. The van der Waals surface area contributed by atoms with Gasteiger partial charge in [0.25, 0.3) is 5.91 Å². The Morgan fingerprint density at radius 1 is 1.35 bits per heavy atom. The van der Waals surface area contributed by atoms with Crippen molar-refractivity contribution in [1.29, 1.82) is 0 Å². The van der Waals surface area contributed by atoms with Gasteiger partial charge in [-0.25, -0.2) is 10.2 Å². The molecule has 1 amide bonds. The van der Waals surface area contributed by atoms with Crippen molar-refractivity contribution in [1.82, 2.24) is 5.43 Å². The zero-order valence-electron chi connectivity index (χ0n) is 11.1. The number of nitrogens with one attached hydrogen (secondary N) is 1. The molecule has 2 rings (SSSR count). The second-order valence-electron chi connectivity index (χ2n) is 3.93. The summed E-state index contributed by atoms with van der Waals surface area (Å²) < 4.78 is 15.1. The molecule has 0 unspecified atom stereocenters. The SMILES string of the molecule is CCOC(=O)/C(C)=N\NC(=O)c1ccc2c(c1)OCO2. The first-order valence-corrected chi connectivity index (χ1v) is 6.03. The lowest BCUT2D eigenvalue weighted by atomic mass is 10.2. The Morgan fingerprint density at radius 3 is 2.85 bits per heavy atom. The number of esters is 1. The molecular formula is C13H14N2O5. The van der Waals surface area contributed by atoms with Gasteiger partial charge in [0, 0.05) is 5.56 Å². The van der Waals surface area contributed by atoms with E-state index in [0.29, 0.717) is 17.1 Å². The van der Waals surface area contributed by atoms with Gasteiger partial charge in [-0.15, -0.1) is 0 Å². The summed E-state index contributed by atoms with van der Waals surface area (Å²) in [5.41, 5.74) is 2.71. The molecule has 0 fully saturated rings. The predicted octanol–water partition coefficient (Wildman–Crippen LogP) is 1.08. The fourth-order valence-electron chi connectivity index (χ4n) is 1.52. The van der Waals surface area contributed by atoms with Crippen molar-refractivity contribution in [2.24, 2.45) is 5.10 Å². The van der Waals surface area contributed by atoms with Gasteiger partial charge in [0.1, 0.15) is 5.71 Å². The first kappa shape index (κ1) is 13.9. The van der Waals surface area contributed by atoms with Gasteiger partial charge in [-0.2, -0.15) is 5.10 Å². The Morgan fingerprint density at radius 2 is 2.10 bits per heavy atom. The number of ether oxygens (including phenoxy) is 3. The van der Waals surface area contributed by atoms with Gasteiger partial charge in [0.15, 0.2) is 11.5 Å². The Kier molecular flexibility index (Phi) is 4.19. The summed E-state index contributed by atoms with van der Waals surface area (Å²) >= 11 is 0. The first-order chi connectivity index (χ1) is 9.61. The van der Waals surface area contributed by atoms with Crippen LogP contribution in [0.4, 0.5) is 0 Å². The molecule has 106 valence electrons. The predicted molar refractivity (Wildman–Crippen MR) is 69.8 cm³/mol. The molecule has 0 spiro atoms. The van der Waals surface area contributed by atoms with Gasteiger partial charge in [0.2, 0.25) is 6.79 Å². The van der Waals surface area contributed by atoms with Gasteiger partial charge >= 0.3 is 5.97 Å². The highest BCUT2D eigenvalue weighted by molar-refractivity contribution is 6.35. The third kappa shape index (κ3) is 3.05. The molecule has 0 bridgehead atoms. The summed E-state index contributed by atoms with van der Waals surface area (Å²) in [6.07, 6.45) is 0. The maximum absolute atomic E-state index is 11.9. The van der Waals surface area contributed by atoms with Crippen molar-refractivity contribution in [2.75, 3.05) is 13.4 Å². The van der Waals surface area contributed by atoms with Crippen molar-refractivity contribution >= 4 is 17.6 Å². The van der Waals surface area contributed by atoms with E-state index in [0.717, 1.165) is 0 Å². The summed E-state index contributed by atoms with van der Waals surface area (Å²) in [5.74, 6) is 0.0712. The number of fused-ring (bicyclic) bond motifs is 1. The monoisotopic (exact) mass is 278 g/mol. The highest BCUT2D eigenvalue weighted by atomic mass is 16.7. The molecule has 0 radical (unpaired) electrons. The first-order valence-electron chi connectivity index (χ1n) is 6.03. The lowest BCUT2D eigenvalue weighted by Crippen LogP contribution is -2.23. The number of hydrazone groups is 1. The number of nitrogens with zero attached hydrogens (tertiary/aromatic N) is 1. The standard InChI is InChI=1S/C13H14N2O5/c1-3-18-13(17)8(2)14-15-12(16)9-4-5-10-11(6-9)20-7-19-10/h4-6H,3,7H2,1-2H3,(H,15,16)/b14-8-. The highest BCUT2D eigenvalue weighted by Gasteiger charge is 2.16. The van der Waals surface area contributed by atoms with E-state index in [1.807, 2.05) is 0 Å². The third-order valence-corrected chi connectivity index (χ3v) is 2.53. The molecule has 1 aliphatic rings. The molecular weight excluding hydrogens is 264 g/mol. The zero-order valence-corrected chi connectivity index (χ0v) is 11.1. The highest BCUT2D eigenvalue weighted by Crippen LogP contribution is 2.32. The molecule has 0 saturated carbocycles. The van der Waals surface area contributed by atoms with Crippen LogP contribution < -0.4 is 14.9 Å². The van der Waals surface area contributed by atoms with Crippen molar-refractivity contribution in [3.8, 4) is 11.5 Å². The molecule has 20 heavy (non-hydrogen) atoms. The number of carbonyl (C=O) groups is 2. The Bertz CT molecular complexity index is 568. The Labute approximate surface area is 115 Å². The van der Waals surface area contributed by atoms with E-state index in [1.54, 1.807) is 25.1 Å². The number of rotatable bonds is 4. The molecule has 0 aromatic heterocycles. The van der Waals surface area contributed by atoms with E-state index < -0.39 is 11.9 Å². The summed E-state index contributed by atoms with van der Waals surface area (Å²) in [6, 6.07) is 4.77. The number of hydrogen-bond acceptors (Lipinski definition) is 6. The molecule has 1 N–H and O–H groups in total. The van der Waals surface area contributed by atoms with Crippen LogP contribution in [0.15, 0.2) is 23.3 Å². The van der Waals surface area contributed by atoms with Crippen LogP contribution in [0.3, 0.4) is 0 Å². The molecule has 1 heterocycles. The quantitative estimate of drug-likeness (QED) is 0.506. The third-order valence-electron chi connectivity index (χ3n) is 2.53. The van der Waals surface area contributed by atoms with Crippen LogP contribution in [0.2, 0.25) is 0 Å². The second kappa shape index (κ2) is 6.05. The van der Waals surface area contributed by atoms with E-state index in [1.165, 1.54) is 6.92 Å². The Hall–Kier alpha value is -2.57. The summed E-state index contributed by atoms with van der Waals surface area (Å²) in [4.78, 5) is 23.2. The van der Waals surface area contributed by atoms with Crippen LogP contribution in [0.5, 0.6) is 11.5 Å². The van der Waals surface area contributed by atoms with E-state index in [-0.39, 0.29) is 19.1 Å². The van der Waals surface area contributed by atoms with Crippen LogP contribution in [0.1, 0.15) is 24.2 Å². The summed E-state index contributed by atoms with van der Waals surface area (Å²) in [6.45, 7) is 3.54. The minimum atomic E-state index is -0.571. The van der Waals surface area contributed by atoms with E-state index in [9.17, 15) is 9.59 Å². The normalized spacial score (nSPS) is 13.0. The van der Waals surface area contributed by atoms with Gasteiger partial charge in [0.05, 0.1) is 6.61 Å². The second-order valence-corrected chi connectivity index (χ2v) is 3.93. The van der Waals surface area contributed by atoms with Crippen LogP contribution in [-0.4, -0.2) is 31.0 Å². The minimum Gasteiger partial charge on any atom is -0.461 e. The maximum Gasteiger partial charge on any atom is 0.354 e. The summed E-state index contributed by atoms with van der Waals surface area (Å²) in [7, 11) is 0. The number of carbonyl (C=O) groups excluding carboxylic acids is 2.